The topological polar surface area (TPSA) is 68.1 Å². The fourth-order valence-electron chi connectivity index (χ4n) is 2.32. The first-order valence-electron chi connectivity index (χ1n) is 6.04. The summed E-state index contributed by atoms with van der Waals surface area (Å²) in [4.78, 5) is 13.8. The molecule has 0 bridgehead atoms. The van der Waals surface area contributed by atoms with Gasteiger partial charge in [0.1, 0.15) is 0 Å². The predicted molar refractivity (Wildman–Crippen MR) is 65.9 cm³/mol. The van der Waals surface area contributed by atoms with Crippen LogP contribution in [-0.4, -0.2) is 15.9 Å². The Kier molecular flexibility index (Phi) is 3.56. The molecule has 2 rings (SSSR count). The Morgan fingerprint density at radius 2 is 2.18 bits per heavy atom. The zero-order chi connectivity index (χ0) is 12.3. The van der Waals surface area contributed by atoms with Crippen molar-refractivity contribution in [2.45, 2.75) is 38.6 Å². The third kappa shape index (κ3) is 2.93. The normalized spacial score (nSPS) is 24.3. The van der Waals surface area contributed by atoms with Gasteiger partial charge >= 0.3 is 5.82 Å². The Labute approximate surface area is 100 Å². The van der Waals surface area contributed by atoms with Gasteiger partial charge in [0.25, 0.3) is 0 Å². The van der Waals surface area contributed by atoms with Crippen LogP contribution in [0.25, 0.3) is 0 Å². The van der Waals surface area contributed by atoms with Gasteiger partial charge in [-0.3, -0.25) is 0 Å². The van der Waals surface area contributed by atoms with Gasteiger partial charge in [0, 0.05) is 12.1 Å². The quantitative estimate of drug-likeness (QED) is 0.646. The van der Waals surface area contributed by atoms with Gasteiger partial charge in [0.15, 0.2) is 6.20 Å². The lowest BCUT2D eigenvalue weighted by molar-refractivity contribution is -0.389. The first-order valence-corrected chi connectivity index (χ1v) is 6.04. The Hall–Kier alpha value is -1.65. The molecule has 2 atom stereocenters. The Bertz CT molecular complexity index is 391. The summed E-state index contributed by atoms with van der Waals surface area (Å²) >= 11 is 0. The molecule has 0 spiro atoms. The van der Waals surface area contributed by atoms with Crippen LogP contribution in [0.5, 0.6) is 0 Å². The molecule has 5 heteroatoms. The highest BCUT2D eigenvalue weighted by atomic mass is 16.6. The summed E-state index contributed by atoms with van der Waals surface area (Å²) < 4.78 is 0. The van der Waals surface area contributed by atoms with E-state index in [0.29, 0.717) is 12.0 Å². The molecular formula is C12H17N3O2. The first-order chi connectivity index (χ1) is 8.16. The van der Waals surface area contributed by atoms with Crippen molar-refractivity contribution < 1.29 is 4.92 Å². The van der Waals surface area contributed by atoms with Gasteiger partial charge in [-0.1, -0.05) is 19.8 Å². The number of nitro groups is 1. The third-order valence-corrected chi connectivity index (χ3v) is 3.40. The van der Waals surface area contributed by atoms with Crippen LogP contribution in [0.3, 0.4) is 0 Å². The summed E-state index contributed by atoms with van der Waals surface area (Å²) in [7, 11) is 0. The van der Waals surface area contributed by atoms with Gasteiger partial charge in [-0.2, -0.15) is 0 Å². The van der Waals surface area contributed by atoms with Crippen LogP contribution in [0.1, 0.15) is 32.6 Å². The molecule has 0 saturated heterocycles. The molecule has 1 heterocycles. The first kappa shape index (κ1) is 11.8. The van der Waals surface area contributed by atoms with Gasteiger partial charge in [0.2, 0.25) is 0 Å². The fourth-order valence-corrected chi connectivity index (χ4v) is 2.32. The van der Waals surface area contributed by atoms with E-state index < -0.39 is 4.92 Å². The van der Waals surface area contributed by atoms with E-state index >= 15 is 0 Å². The summed E-state index contributed by atoms with van der Waals surface area (Å²) in [6.07, 6.45) is 6.51. The van der Waals surface area contributed by atoms with Crippen molar-refractivity contribution in [1.29, 1.82) is 0 Å². The summed E-state index contributed by atoms with van der Waals surface area (Å²) in [6.45, 7) is 2.25. The predicted octanol–water partition coefficient (Wildman–Crippen LogP) is 2.98. The maximum absolute atomic E-state index is 10.5. The number of hydrogen-bond acceptors (Lipinski definition) is 4. The van der Waals surface area contributed by atoms with Crippen molar-refractivity contribution >= 4 is 11.5 Å². The molecule has 0 unspecified atom stereocenters. The van der Waals surface area contributed by atoms with E-state index in [1.54, 1.807) is 12.3 Å². The third-order valence-electron chi connectivity index (χ3n) is 3.40. The van der Waals surface area contributed by atoms with E-state index in [0.717, 1.165) is 12.1 Å². The van der Waals surface area contributed by atoms with Crippen LogP contribution in [-0.2, 0) is 0 Å². The lowest BCUT2D eigenvalue weighted by Crippen LogP contribution is -2.30. The molecule has 1 N–H and O–H groups in total. The highest BCUT2D eigenvalue weighted by molar-refractivity contribution is 5.44. The molecule has 0 amide bonds. The SMILES string of the molecule is C[C@@H]1CCCC[C@H]1Nc1ccc([N+](=O)[O-])nc1. The van der Waals surface area contributed by atoms with Crippen molar-refractivity contribution in [1.82, 2.24) is 4.98 Å². The molecule has 0 aromatic carbocycles. The monoisotopic (exact) mass is 235 g/mol. The Morgan fingerprint density at radius 3 is 2.76 bits per heavy atom. The van der Waals surface area contributed by atoms with Crippen molar-refractivity contribution in [3.63, 3.8) is 0 Å². The Balaban J connectivity index is 2.00. The van der Waals surface area contributed by atoms with E-state index in [-0.39, 0.29) is 5.82 Å². The molecule has 5 nitrogen and oxygen atoms in total. The van der Waals surface area contributed by atoms with Gasteiger partial charge in [-0.05, 0) is 34.7 Å². The number of anilines is 1. The van der Waals surface area contributed by atoms with Crippen LogP contribution in [0.2, 0.25) is 0 Å². The highest BCUT2D eigenvalue weighted by Gasteiger charge is 2.21. The van der Waals surface area contributed by atoms with Gasteiger partial charge in [-0.15, -0.1) is 0 Å². The highest BCUT2D eigenvalue weighted by Crippen LogP contribution is 2.26. The molecule has 1 aliphatic rings. The number of aromatic nitrogens is 1. The molecule has 17 heavy (non-hydrogen) atoms. The minimum Gasteiger partial charge on any atom is -0.379 e. The van der Waals surface area contributed by atoms with Crippen LogP contribution in [0.15, 0.2) is 18.3 Å². The number of rotatable bonds is 3. The van der Waals surface area contributed by atoms with Crippen molar-refractivity contribution in [2.24, 2.45) is 5.92 Å². The largest absolute Gasteiger partial charge is 0.379 e. The van der Waals surface area contributed by atoms with Crippen LogP contribution in [0, 0.1) is 16.0 Å². The van der Waals surface area contributed by atoms with Crippen molar-refractivity contribution in [2.75, 3.05) is 5.32 Å². The molecule has 1 saturated carbocycles. The number of hydrogen-bond donors (Lipinski definition) is 1. The van der Waals surface area contributed by atoms with Crippen molar-refractivity contribution in [3.8, 4) is 0 Å². The van der Waals surface area contributed by atoms with E-state index in [1.165, 1.54) is 25.3 Å². The zero-order valence-corrected chi connectivity index (χ0v) is 9.93. The van der Waals surface area contributed by atoms with E-state index in [2.05, 4.69) is 17.2 Å². The Morgan fingerprint density at radius 1 is 1.41 bits per heavy atom. The van der Waals surface area contributed by atoms with E-state index in [4.69, 9.17) is 0 Å². The maximum Gasteiger partial charge on any atom is 0.363 e. The van der Waals surface area contributed by atoms with Crippen LogP contribution >= 0.6 is 0 Å². The summed E-state index contributed by atoms with van der Waals surface area (Å²) in [5.41, 5.74) is 0.870. The number of nitrogens with one attached hydrogen (secondary N) is 1. The summed E-state index contributed by atoms with van der Waals surface area (Å²) in [6, 6.07) is 3.63. The molecule has 1 aromatic rings. The average Bonchev–Trinajstić information content (AvgIpc) is 2.33. The molecule has 1 aromatic heterocycles. The molecule has 0 aliphatic heterocycles. The van der Waals surface area contributed by atoms with Crippen LogP contribution < -0.4 is 5.32 Å². The minimum absolute atomic E-state index is 0.104. The summed E-state index contributed by atoms with van der Waals surface area (Å²) in [5, 5.41) is 13.9. The van der Waals surface area contributed by atoms with Gasteiger partial charge in [0.05, 0.1) is 5.69 Å². The lowest BCUT2D eigenvalue weighted by atomic mass is 9.86. The lowest BCUT2D eigenvalue weighted by Gasteiger charge is -2.29. The molecule has 1 fully saturated rings. The smallest absolute Gasteiger partial charge is 0.363 e. The van der Waals surface area contributed by atoms with Crippen molar-refractivity contribution in [3.05, 3.63) is 28.4 Å². The molecule has 1 aliphatic carbocycles. The molecule has 0 radical (unpaired) electrons. The standard InChI is InChI=1S/C12H17N3O2/c1-9-4-2-3-5-11(9)14-10-6-7-12(13-8-10)15(16)17/h6-9,11,14H,2-5H2,1H3/t9-,11-/m1/s1. The molecule has 92 valence electrons. The van der Waals surface area contributed by atoms with E-state index in [9.17, 15) is 10.1 Å². The number of nitrogens with zero attached hydrogens (tertiary/aromatic N) is 2. The second-order valence-corrected chi connectivity index (χ2v) is 4.67. The van der Waals surface area contributed by atoms with Crippen LogP contribution in [0.4, 0.5) is 11.5 Å². The minimum atomic E-state index is -0.479. The van der Waals surface area contributed by atoms with Gasteiger partial charge in [-0.25, -0.2) is 0 Å². The summed E-state index contributed by atoms with van der Waals surface area (Å²) in [5.74, 6) is 0.547. The van der Waals surface area contributed by atoms with E-state index in [1.807, 2.05) is 0 Å². The van der Waals surface area contributed by atoms with Gasteiger partial charge < -0.3 is 15.4 Å². The fraction of sp³-hybridized carbons (Fsp3) is 0.583. The maximum atomic E-state index is 10.5. The second-order valence-electron chi connectivity index (χ2n) is 4.67. The average molecular weight is 235 g/mol. The second kappa shape index (κ2) is 5.12. The molecular weight excluding hydrogens is 218 g/mol. The zero-order valence-electron chi connectivity index (χ0n) is 9.93. The number of pyridine rings is 1.